The molecule has 1 saturated heterocycles. The maximum absolute atomic E-state index is 10.5. The Labute approximate surface area is 125 Å². The monoisotopic (exact) mass is 292 g/mol. The van der Waals surface area contributed by atoms with Gasteiger partial charge in [-0.05, 0) is 32.1 Å². The molecule has 0 amide bonds. The molecule has 1 unspecified atom stereocenters. The Bertz CT molecular complexity index is 493. The van der Waals surface area contributed by atoms with Crippen LogP contribution in [0.1, 0.15) is 31.3 Å². The van der Waals surface area contributed by atoms with Crippen LogP contribution in [0.25, 0.3) is 0 Å². The molecule has 2 N–H and O–H groups in total. The first-order chi connectivity index (χ1) is 10.1. The topological polar surface area (TPSA) is 78.4 Å². The summed E-state index contributed by atoms with van der Waals surface area (Å²) in [5.74, 6) is 1.48. The normalized spacial score (nSPS) is 18.8. The fraction of sp³-hybridized carbons (Fsp3) is 0.667. The summed E-state index contributed by atoms with van der Waals surface area (Å²) in [4.78, 5) is 21.8. The Morgan fingerprint density at radius 1 is 1.52 bits per heavy atom. The van der Waals surface area contributed by atoms with Gasteiger partial charge in [-0.3, -0.25) is 4.79 Å². The van der Waals surface area contributed by atoms with E-state index in [2.05, 4.69) is 33.2 Å². The van der Waals surface area contributed by atoms with Crippen molar-refractivity contribution >= 4 is 11.8 Å². The molecule has 0 aromatic carbocycles. The van der Waals surface area contributed by atoms with Crippen molar-refractivity contribution < 1.29 is 9.90 Å². The Hall–Kier alpha value is -1.69. The van der Waals surface area contributed by atoms with Crippen molar-refractivity contribution in [2.75, 3.05) is 31.1 Å². The minimum atomic E-state index is -0.804. The van der Waals surface area contributed by atoms with Crippen LogP contribution in [0.15, 0.2) is 6.07 Å². The molecule has 1 fully saturated rings. The van der Waals surface area contributed by atoms with Gasteiger partial charge in [-0.15, -0.1) is 0 Å². The molecule has 21 heavy (non-hydrogen) atoms. The number of carboxylic acid groups (broad SMARTS) is 1. The molecule has 0 spiro atoms. The third kappa shape index (κ3) is 4.67. The molecule has 1 aliphatic rings. The van der Waals surface area contributed by atoms with Gasteiger partial charge < -0.3 is 15.3 Å². The predicted octanol–water partition coefficient (Wildman–Crippen LogP) is 1.24. The van der Waals surface area contributed by atoms with Crippen molar-refractivity contribution in [3.8, 4) is 0 Å². The summed E-state index contributed by atoms with van der Waals surface area (Å²) in [5, 5.41) is 11.7. The molecule has 2 rings (SSSR count). The minimum Gasteiger partial charge on any atom is -0.480 e. The fourth-order valence-electron chi connectivity index (χ4n) is 2.78. The number of rotatable bonds is 6. The lowest BCUT2D eigenvalue weighted by Gasteiger charge is -2.34. The lowest BCUT2D eigenvalue weighted by Crippen LogP contribution is -2.41. The standard InChI is InChI=1S/C15H24N4O2/c1-3-13-7-14(18-11(2)17-13)19-6-4-5-12(10-19)8-16-9-15(20)21/h7,12,16H,3-6,8-10H2,1-2H3,(H,20,21). The van der Waals surface area contributed by atoms with Gasteiger partial charge in [0.25, 0.3) is 0 Å². The van der Waals surface area contributed by atoms with Crippen molar-refractivity contribution in [2.24, 2.45) is 5.92 Å². The molecule has 0 aliphatic carbocycles. The Morgan fingerprint density at radius 2 is 2.33 bits per heavy atom. The van der Waals surface area contributed by atoms with Crippen molar-refractivity contribution in [1.29, 1.82) is 0 Å². The molecule has 6 nitrogen and oxygen atoms in total. The van der Waals surface area contributed by atoms with E-state index in [9.17, 15) is 4.79 Å². The van der Waals surface area contributed by atoms with E-state index in [0.29, 0.717) is 5.92 Å². The summed E-state index contributed by atoms with van der Waals surface area (Å²) in [6, 6.07) is 2.07. The maximum atomic E-state index is 10.5. The molecule has 0 bridgehead atoms. The highest BCUT2D eigenvalue weighted by molar-refractivity contribution is 5.68. The van der Waals surface area contributed by atoms with Crippen LogP contribution in [0.5, 0.6) is 0 Å². The summed E-state index contributed by atoms with van der Waals surface area (Å²) < 4.78 is 0. The Balaban J connectivity index is 1.97. The minimum absolute atomic E-state index is 0.0309. The van der Waals surface area contributed by atoms with E-state index in [1.807, 2.05) is 6.92 Å². The number of hydrogen-bond donors (Lipinski definition) is 2. The lowest BCUT2D eigenvalue weighted by atomic mass is 9.98. The van der Waals surface area contributed by atoms with Crippen LogP contribution in [-0.4, -0.2) is 47.2 Å². The average molecular weight is 292 g/mol. The van der Waals surface area contributed by atoms with Crippen LogP contribution < -0.4 is 10.2 Å². The number of carbonyl (C=O) groups is 1. The van der Waals surface area contributed by atoms with Gasteiger partial charge in [0.05, 0.1) is 6.54 Å². The van der Waals surface area contributed by atoms with E-state index in [1.165, 1.54) is 0 Å². The first-order valence-corrected chi connectivity index (χ1v) is 7.60. The molecule has 1 atom stereocenters. The van der Waals surface area contributed by atoms with E-state index in [1.54, 1.807) is 0 Å². The van der Waals surface area contributed by atoms with Gasteiger partial charge in [-0.2, -0.15) is 0 Å². The average Bonchev–Trinajstić information content (AvgIpc) is 2.46. The summed E-state index contributed by atoms with van der Waals surface area (Å²) in [7, 11) is 0. The molecule has 0 radical (unpaired) electrons. The molecule has 0 saturated carbocycles. The highest BCUT2D eigenvalue weighted by Crippen LogP contribution is 2.22. The van der Waals surface area contributed by atoms with Gasteiger partial charge in [-0.25, -0.2) is 9.97 Å². The smallest absolute Gasteiger partial charge is 0.317 e. The lowest BCUT2D eigenvalue weighted by molar-refractivity contribution is -0.136. The Kier molecular flexibility index (Phi) is 5.50. The number of piperidine rings is 1. The quantitative estimate of drug-likeness (QED) is 0.821. The molecule has 116 valence electrons. The van der Waals surface area contributed by atoms with E-state index in [-0.39, 0.29) is 6.54 Å². The number of nitrogens with one attached hydrogen (secondary N) is 1. The van der Waals surface area contributed by atoms with Crippen molar-refractivity contribution in [1.82, 2.24) is 15.3 Å². The SMILES string of the molecule is CCc1cc(N2CCCC(CNCC(=O)O)C2)nc(C)n1. The molecular formula is C15H24N4O2. The van der Waals surface area contributed by atoms with Crippen LogP contribution in [0.3, 0.4) is 0 Å². The number of aromatic nitrogens is 2. The zero-order chi connectivity index (χ0) is 15.2. The first kappa shape index (κ1) is 15.7. The summed E-state index contributed by atoms with van der Waals surface area (Å²) in [6.07, 6.45) is 3.16. The number of hydrogen-bond acceptors (Lipinski definition) is 5. The molecular weight excluding hydrogens is 268 g/mol. The summed E-state index contributed by atoms with van der Waals surface area (Å²) >= 11 is 0. The maximum Gasteiger partial charge on any atom is 0.317 e. The third-order valence-electron chi connectivity index (χ3n) is 3.79. The van der Waals surface area contributed by atoms with Gasteiger partial charge >= 0.3 is 5.97 Å². The second-order valence-electron chi connectivity index (χ2n) is 5.60. The van der Waals surface area contributed by atoms with Crippen molar-refractivity contribution in [2.45, 2.75) is 33.1 Å². The molecule has 2 heterocycles. The van der Waals surface area contributed by atoms with E-state index < -0.39 is 5.97 Å². The van der Waals surface area contributed by atoms with Crippen LogP contribution >= 0.6 is 0 Å². The molecule has 6 heteroatoms. The number of nitrogens with zero attached hydrogens (tertiary/aromatic N) is 3. The van der Waals surface area contributed by atoms with Crippen molar-refractivity contribution in [3.05, 3.63) is 17.6 Å². The number of aryl methyl sites for hydroxylation is 2. The van der Waals surface area contributed by atoms with Crippen LogP contribution in [0.2, 0.25) is 0 Å². The molecule has 1 aliphatic heterocycles. The van der Waals surface area contributed by atoms with Gasteiger partial charge in [0, 0.05) is 31.4 Å². The largest absolute Gasteiger partial charge is 0.480 e. The van der Waals surface area contributed by atoms with E-state index in [4.69, 9.17) is 5.11 Å². The van der Waals surface area contributed by atoms with Gasteiger partial charge in [-0.1, -0.05) is 6.92 Å². The second-order valence-corrected chi connectivity index (χ2v) is 5.60. The molecule has 1 aromatic rings. The van der Waals surface area contributed by atoms with Gasteiger partial charge in [0.1, 0.15) is 11.6 Å². The van der Waals surface area contributed by atoms with Gasteiger partial charge in [0.15, 0.2) is 0 Å². The highest BCUT2D eigenvalue weighted by Gasteiger charge is 2.21. The van der Waals surface area contributed by atoms with E-state index in [0.717, 1.165) is 56.2 Å². The zero-order valence-corrected chi connectivity index (χ0v) is 12.8. The van der Waals surface area contributed by atoms with E-state index >= 15 is 0 Å². The van der Waals surface area contributed by atoms with Gasteiger partial charge in [0.2, 0.25) is 0 Å². The highest BCUT2D eigenvalue weighted by atomic mass is 16.4. The fourth-order valence-corrected chi connectivity index (χ4v) is 2.78. The zero-order valence-electron chi connectivity index (χ0n) is 12.8. The van der Waals surface area contributed by atoms with Crippen LogP contribution in [0, 0.1) is 12.8 Å². The summed E-state index contributed by atoms with van der Waals surface area (Å²) in [5.41, 5.74) is 1.07. The Morgan fingerprint density at radius 3 is 3.05 bits per heavy atom. The number of carboxylic acids is 1. The third-order valence-corrected chi connectivity index (χ3v) is 3.79. The van der Waals surface area contributed by atoms with Crippen LogP contribution in [-0.2, 0) is 11.2 Å². The summed E-state index contributed by atoms with van der Waals surface area (Å²) in [6.45, 7) is 6.73. The number of anilines is 1. The first-order valence-electron chi connectivity index (χ1n) is 7.60. The van der Waals surface area contributed by atoms with Crippen molar-refractivity contribution in [3.63, 3.8) is 0 Å². The number of aliphatic carboxylic acids is 1. The second kappa shape index (κ2) is 7.36. The molecule has 1 aromatic heterocycles. The van der Waals surface area contributed by atoms with Crippen LogP contribution in [0.4, 0.5) is 5.82 Å². The predicted molar refractivity (Wildman–Crippen MR) is 81.6 cm³/mol.